The largest absolute Gasteiger partial charge is 0.309 e. The Morgan fingerprint density at radius 3 is 1.86 bits per heavy atom. The Hall–Kier alpha value is -1.37. The fourth-order valence-corrected chi connectivity index (χ4v) is 5.75. The smallest absolute Gasteiger partial charge is 0.171 e. The third-order valence-corrected chi connectivity index (χ3v) is 7.44. The minimum absolute atomic E-state index is 0.641. The third kappa shape index (κ3) is 3.28. The first-order chi connectivity index (χ1) is 10.1. The Bertz CT molecular complexity index is 646. The van der Waals surface area contributed by atoms with Crippen molar-refractivity contribution in [1.29, 1.82) is 0 Å². The van der Waals surface area contributed by atoms with Crippen molar-refractivity contribution in [1.82, 2.24) is 0 Å². The van der Waals surface area contributed by atoms with E-state index in [4.69, 9.17) is 0 Å². The van der Waals surface area contributed by atoms with Crippen LogP contribution in [-0.2, 0) is 4.57 Å². The average molecular weight is 361 g/mol. The maximum Gasteiger partial charge on any atom is 0.171 e. The molecule has 108 valence electrons. The van der Waals surface area contributed by atoms with E-state index >= 15 is 0 Å². The fourth-order valence-electron chi connectivity index (χ4n) is 2.18. The van der Waals surface area contributed by atoms with Gasteiger partial charge in [0.2, 0.25) is 0 Å². The zero-order valence-electron chi connectivity index (χ0n) is 12.0. The number of hydrogen-bond donors (Lipinski definition) is 0. The molecule has 3 heteroatoms. The molecule has 0 aliphatic heterocycles. The highest BCUT2D eigenvalue weighted by Gasteiger charge is 2.31. The predicted molar refractivity (Wildman–Crippen MR) is 96.2 cm³/mol. The highest BCUT2D eigenvalue weighted by molar-refractivity contribution is 9.12. The molecule has 0 atom stereocenters. The Balaban J connectivity index is 2.64. The van der Waals surface area contributed by atoms with Crippen molar-refractivity contribution in [2.75, 3.05) is 0 Å². The van der Waals surface area contributed by atoms with Gasteiger partial charge in [0, 0.05) is 20.4 Å². The zero-order valence-corrected chi connectivity index (χ0v) is 14.5. The zero-order chi connectivity index (χ0) is 15.3. The minimum atomic E-state index is -2.91. The second-order valence-electron chi connectivity index (χ2n) is 4.69. The van der Waals surface area contributed by atoms with Gasteiger partial charge < -0.3 is 4.57 Å². The van der Waals surface area contributed by atoms with Gasteiger partial charge in [-0.25, -0.2) is 0 Å². The molecule has 2 aromatic rings. The van der Waals surface area contributed by atoms with Crippen molar-refractivity contribution in [3.63, 3.8) is 0 Å². The highest BCUT2D eigenvalue weighted by atomic mass is 79.9. The maximum absolute atomic E-state index is 13.9. The molecule has 0 saturated carbocycles. The molecule has 0 unspecified atom stereocenters. The molecule has 0 heterocycles. The van der Waals surface area contributed by atoms with E-state index in [2.05, 4.69) is 22.5 Å². The summed E-state index contributed by atoms with van der Waals surface area (Å²) in [5.74, 6) is 0. The van der Waals surface area contributed by atoms with E-state index in [0.717, 1.165) is 21.5 Å². The molecular weight excluding hydrogens is 343 g/mol. The molecule has 0 aliphatic carbocycles. The standard InChI is InChI=1S/C18H18BrOP/c1-3-10-18(19)15(2)21(20,16-11-6-4-7-12-16)17-13-8-5-9-14-17/h4-14H,2-3H2,1H3/b18-10-. The van der Waals surface area contributed by atoms with Gasteiger partial charge in [0.1, 0.15) is 0 Å². The van der Waals surface area contributed by atoms with E-state index in [0.29, 0.717) is 5.31 Å². The lowest BCUT2D eigenvalue weighted by Gasteiger charge is -2.21. The van der Waals surface area contributed by atoms with Gasteiger partial charge in [0.05, 0.1) is 0 Å². The summed E-state index contributed by atoms with van der Waals surface area (Å²) in [6.45, 7) is 6.17. The van der Waals surface area contributed by atoms with E-state index in [9.17, 15) is 4.57 Å². The summed E-state index contributed by atoms with van der Waals surface area (Å²) in [6, 6.07) is 19.1. The lowest BCUT2D eigenvalue weighted by Crippen LogP contribution is -2.17. The van der Waals surface area contributed by atoms with Crippen LogP contribution in [0.2, 0.25) is 0 Å². The second-order valence-corrected chi connectivity index (χ2v) is 8.33. The van der Waals surface area contributed by atoms with Crippen molar-refractivity contribution in [3.8, 4) is 0 Å². The monoisotopic (exact) mass is 360 g/mol. The normalized spacial score (nSPS) is 12.2. The summed E-state index contributed by atoms with van der Waals surface area (Å²) in [5, 5.41) is 2.26. The van der Waals surface area contributed by atoms with Crippen LogP contribution in [0.1, 0.15) is 13.3 Å². The molecule has 21 heavy (non-hydrogen) atoms. The number of rotatable bonds is 5. The molecular formula is C18H18BrOP. The van der Waals surface area contributed by atoms with Gasteiger partial charge in [-0.1, -0.05) is 96.2 Å². The lowest BCUT2D eigenvalue weighted by atomic mass is 10.4. The number of hydrogen-bond acceptors (Lipinski definition) is 1. The van der Waals surface area contributed by atoms with Crippen LogP contribution in [0.3, 0.4) is 0 Å². The van der Waals surface area contributed by atoms with E-state index in [1.54, 1.807) is 0 Å². The maximum atomic E-state index is 13.9. The number of allylic oxidation sites excluding steroid dienone is 3. The summed E-state index contributed by atoms with van der Waals surface area (Å²) in [4.78, 5) is 0. The van der Waals surface area contributed by atoms with Crippen LogP contribution in [-0.4, -0.2) is 0 Å². The van der Waals surface area contributed by atoms with Crippen LogP contribution >= 0.6 is 23.1 Å². The Morgan fingerprint density at radius 1 is 1.05 bits per heavy atom. The summed E-state index contributed by atoms with van der Waals surface area (Å²) in [5.41, 5.74) is 0. The molecule has 0 saturated heterocycles. The number of halogens is 1. The molecule has 2 aromatic carbocycles. The predicted octanol–water partition coefficient (Wildman–Crippen LogP) is 5.20. The quantitative estimate of drug-likeness (QED) is 0.528. The van der Waals surface area contributed by atoms with Gasteiger partial charge >= 0.3 is 0 Å². The molecule has 0 bridgehead atoms. The van der Waals surface area contributed by atoms with Crippen LogP contribution in [0.15, 0.2) is 83.1 Å². The highest BCUT2D eigenvalue weighted by Crippen LogP contribution is 2.54. The number of benzene rings is 2. The topological polar surface area (TPSA) is 17.1 Å². The van der Waals surface area contributed by atoms with Crippen LogP contribution in [0.25, 0.3) is 0 Å². The lowest BCUT2D eigenvalue weighted by molar-refractivity contribution is 0.591. The Labute approximate surface area is 134 Å². The molecule has 0 spiro atoms. The molecule has 0 aromatic heterocycles. The van der Waals surface area contributed by atoms with Gasteiger partial charge in [-0.05, 0) is 6.42 Å². The van der Waals surface area contributed by atoms with E-state index in [1.807, 2.05) is 73.7 Å². The average Bonchev–Trinajstić information content (AvgIpc) is 2.55. The molecule has 0 radical (unpaired) electrons. The van der Waals surface area contributed by atoms with Crippen molar-refractivity contribution in [2.45, 2.75) is 13.3 Å². The van der Waals surface area contributed by atoms with Crippen molar-refractivity contribution in [3.05, 3.63) is 83.1 Å². The van der Waals surface area contributed by atoms with Crippen LogP contribution < -0.4 is 10.6 Å². The van der Waals surface area contributed by atoms with Gasteiger partial charge in [0.25, 0.3) is 0 Å². The van der Waals surface area contributed by atoms with Crippen LogP contribution in [0, 0.1) is 0 Å². The fraction of sp³-hybridized carbons (Fsp3) is 0.111. The van der Waals surface area contributed by atoms with Gasteiger partial charge in [-0.2, -0.15) is 0 Å². The van der Waals surface area contributed by atoms with Crippen molar-refractivity contribution < 1.29 is 4.57 Å². The van der Waals surface area contributed by atoms with E-state index in [1.165, 1.54) is 0 Å². The van der Waals surface area contributed by atoms with Gasteiger partial charge in [-0.15, -0.1) is 0 Å². The van der Waals surface area contributed by atoms with Crippen LogP contribution in [0.4, 0.5) is 0 Å². The molecule has 0 N–H and O–H groups in total. The summed E-state index contributed by atoms with van der Waals surface area (Å²) in [6.07, 6.45) is 2.87. The molecule has 2 rings (SSSR count). The molecule has 1 nitrogen and oxygen atoms in total. The van der Waals surface area contributed by atoms with Gasteiger partial charge in [0.15, 0.2) is 7.14 Å². The first-order valence-electron chi connectivity index (χ1n) is 6.87. The molecule has 0 amide bonds. The summed E-state index contributed by atoms with van der Waals surface area (Å²) >= 11 is 3.52. The summed E-state index contributed by atoms with van der Waals surface area (Å²) in [7, 11) is -2.91. The molecule has 0 aliphatic rings. The minimum Gasteiger partial charge on any atom is -0.309 e. The van der Waals surface area contributed by atoms with E-state index < -0.39 is 7.14 Å². The second kappa shape index (κ2) is 7.06. The van der Waals surface area contributed by atoms with Crippen molar-refractivity contribution >= 4 is 33.7 Å². The first-order valence-corrected chi connectivity index (χ1v) is 9.37. The molecule has 0 fully saturated rings. The Kier molecular flexibility index (Phi) is 5.39. The SMILES string of the molecule is C=C(/C(Br)=C/CC)P(=O)(c1ccccc1)c1ccccc1. The first kappa shape index (κ1) is 16.0. The summed E-state index contributed by atoms with van der Waals surface area (Å²) < 4.78 is 14.7. The Morgan fingerprint density at radius 2 is 1.48 bits per heavy atom. The van der Waals surface area contributed by atoms with E-state index in [-0.39, 0.29) is 0 Å². The van der Waals surface area contributed by atoms with Crippen molar-refractivity contribution in [2.24, 2.45) is 0 Å². The van der Waals surface area contributed by atoms with Gasteiger partial charge in [-0.3, -0.25) is 0 Å². The third-order valence-electron chi connectivity index (χ3n) is 3.28. The van der Waals surface area contributed by atoms with Crippen LogP contribution in [0.5, 0.6) is 0 Å².